The van der Waals surface area contributed by atoms with Crippen molar-refractivity contribution in [2.75, 3.05) is 13.7 Å². The summed E-state index contributed by atoms with van der Waals surface area (Å²) in [5.41, 5.74) is 4.38. The number of amides is 1. The molecule has 0 unspecified atom stereocenters. The molecule has 8 heteroatoms. The zero-order valence-corrected chi connectivity index (χ0v) is 21.3. The summed E-state index contributed by atoms with van der Waals surface area (Å²) < 4.78 is 17.1. The van der Waals surface area contributed by atoms with Crippen LogP contribution in [0.15, 0.2) is 77.9 Å². The highest BCUT2D eigenvalue weighted by Gasteiger charge is 2.15. The van der Waals surface area contributed by atoms with Crippen LogP contribution in [0.25, 0.3) is 10.8 Å². The number of hydrogen-bond acceptors (Lipinski definition) is 5. The highest BCUT2D eigenvalue weighted by molar-refractivity contribution is 6.32. The van der Waals surface area contributed by atoms with E-state index in [1.807, 2.05) is 55.5 Å². The van der Waals surface area contributed by atoms with Crippen molar-refractivity contribution in [3.05, 3.63) is 99.5 Å². The van der Waals surface area contributed by atoms with Gasteiger partial charge in [-0.15, -0.1) is 0 Å². The number of nitrogens with zero attached hydrogens (tertiary/aromatic N) is 1. The second-order valence-electron chi connectivity index (χ2n) is 7.74. The molecule has 0 spiro atoms. The van der Waals surface area contributed by atoms with Crippen LogP contribution in [-0.4, -0.2) is 25.8 Å². The van der Waals surface area contributed by atoms with Crippen LogP contribution in [0.4, 0.5) is 0 Å². The van der Waals surface area contributed by atoms with Crippen molar-refractivity contribution < 1.29 is 19.0 Å². The summed E-state index contributed by atoms with van der Waals surface area (Å²) in [6.45, 7) is 2.51. The molecule has 0 aliphatic rings. The highest BCUT2D eigenvalue weighted by Crippen LogP contribution is 2.37. The van der Waals surface area contributed by atoms with E-state index in [0.717, 1.165) is 16.3 Å². The van der Waals surface area contributed by atoms with E-state index in [2.05, 4.69) is 10.5 Å². The summed E-state index contributed by atoms with van der Waals surface area (Å²) in [5.74, 6) is 0.925. The number of hydrogen-bond donors (Lipinski definition) is 1. The highest BCUT2D eigenvalue weighted by atomic mass is 35.5. The van der Waals surface area contributed by atoms with Crippen molar-refractivity contribution in [1.29, 1.82) is 0 Å². The molecular weight excluding hydrogens is 499 g/mol. The molecule has 0 aliphatic carbocycles. The van der Waals surface area contributed by atoms with Gasteiger partial charge < -0.3 is 14.2 Å². The van der Waals surface area contributed by atoms with Gasteiger partial charge in [-0.2, -0.15) is 5.10 Å². The molecule has 4 aromatic carbocycles. The van der Waals surface area contributed by atoms with Gasteiger partial charge in [0.25, 0.3) is 5.91 Å². The standard InChI is InChI=1S/C28H24Cl2N2O4/c1-3-35-26-13-18(12-24(30)27(26)36-17-21-10-6-7-11-23(21)29)16-31-32-28(33)22-14-19-8-4-5-9-20(19)15-25(22)34-2/h4-16H,3,17H2,1-2H3,(H,32,33)/b31-16-. The minimum atomic E-state index is -0.398. The van der Waals surface area contributed by atoms with E-state index in [1.165, 1.54) is 13.3 Å². The lowest BCUT2D eigenvalue weighted by Gasteiger charge is -2.15. The summed E-state index contributed by atoms with van der Waals surface area (Å²) in [7, 11) is 1.52. The number of nitrogens with one attached hydrogen (secondary N) is 1. The minimum absolute atomic E-state index is 0.233. The quantitative estimate of drug-likeness (QED) is 0.192. The minimum Gasteiger partial charge on any atom is -0.496 e. The fraction of sp³-hybridized carbons (Fsp3) is 0.143. The molecule has 0 saturated carbocycles. The summed E-state index contributed by atoms with van der Waals surface area (Å²) >= 11 is 12.7. The van der Waals surface area contributed by atoms with Crippen LogP contribution in [0, 0.1) is 0 Å². The maximum Gasteiger partial charge on any atom is 0.275 e. The maximum absolute atomic E-state index is 12.8. The summed E-state index contributed by atoms with van der Waals surface area (Å²) in [6, 6.07) is 22.2. The van der Waals surface area contributed by atoms with E-state index in [-0.39, 0.29) is 6.61 Å². The van der Waals surface area contributed by atoms with Crippen LogP contribution in [0.3, 0.4) is 0 Å². The Morgan fingerprint density at radius 2 is 1.64 bits per heavy atom. The Labute approximate surface area is 219 Å². The molecule has 0 atom stereocenters. The van der Waals surface area contributed by atoms with Gasteiger partial charge in [-0.3, -0.25) is 4.79 Å². The molecule has 1 amide bonds. The van der Waals surface area contributed by atoms with E-state index in [4.69, 9.17) is 37.4 Å². The first kappa shape index (κ1) is 25.4. The first-order valence-corrected chi connectivity index (χ1v) is 12.0. The van der Waals surface area contributed by atoms with E-state index in [1.54, 1.807) is 24.3 Å². The Morgan fingerprint density at radius 3 is 2.36 bits per heavy atom. The van der Waals surface area contributed by atoms with Gasteiger partial charge in [0.2, 0.25) is 0 Å². The molecule has 0 bridgehead atoms. The molecular formula is C28H24Cl2N2O4. The molecule has 36 heavy (non-hydrogen) atoms. The second kappa shape index (κ2) is 11.8. The van der Waals surface area contributed by atoms with Crippen LogP contribution < -0.4 is 19.6 Å². The van der Waals surface area contributed by atoms with Crippen LogP contribution in [0.5, 0.6) is 17.2 Å². The third-order valence-electron chi connectivity index (χ3n) is 5.35. The Hall–Kier alpha value is -3.74. The first-order valence-electron chi connectivity index (χ1n) is 11.2. The van der Waals surface area contributed by atoms with Crippen LogP contribution >= 0.6 is 23.2 Å². The molecule has 184 valence electrons. The largest absolute Gasteiger partial charge is 0.496 e. The van der Waals surface area contributed by atoms with E-state index < -0.39 is 5.91 Å². The number of hydrazone groups is 1. The van der Waals surface area contributed by atoms with Crippen molar-refractivity contribution in [2.45, 2.75) is 13.5 Å². The fourth-order valence-corrected chi connectivity index (χ4v) is 4.09. The number of methoxy groups -OCH3 is 1. The van der Waals surface area contributed by atoms with Crippen molar-refractivity contribution in [3.63, 3.8) is 0 Å². The smallest absolute Gasteiger partial charge is 0.275 e. The van der Waals surface area contributed by atoms with Gasteiger partial charge in [0, 0.05) is 10.6 Å². The summed E-state index contributed by atoms with van der Waals surface area (Å²) in [5, 5.41) is 6.95. The summed E-state index contributed by atoms with van der Waals surface area (Å²) in [6.07, 6.45) is 1.48. The average Bonchev–Trinajstić information content (AvgIpc) is 2.88. The van der Waals surface area contributed by atoms with Crippen molar-refractivity contribution in [3.8, 4) is 17.2 Å². The molecule has 4 aromatic rings. The third-order valence-corrected chi connectivity index (χ3v) is 6.00. The van der Waals surface area contributed by atoms with Crippen LogP contribution in [0.1, 0.15) is 28.4 Å². The first-order chi connectivity index (χ1) is 17.5. The fourth-order valence-electron chi connectivity index (χ4n) is 3.62. The lowest BCUT2D eigenvalue weighted by atomic mass is 10.1. The number of ether oxygens (including phenoxy) is 3. The number of carbonyl (C=O) groups is 1. The van der Waals surface area contributed by atoms with E-state index in [9.17, 15) is 4.79 Å². The molecule has 0 aliphatic heterocycles. The van der Waals surface area contributed by atoms with Crippen molar-refractivity contribution >= 4 is 46.1 Å². The van der Waals surface area contributed by atoms with Gasteiger partial charge in [0.05, 0.1) is 30.5 Å². The molecule has 4 rings (SSSR count). The zero-order chi connectivity index (χ0) is 25.5. The van der Waals surface area contributed by atoms with Gasteiger partial charge in [-0.1, -0.05) is 65.7 Å². The van der Waals surface area contributed by atoms with Crippen molar-refractivity contribution in [2.24, 2.45) is 5.10 Å². The lowest BCUT2D eigenvalue weighted by Crippen LogP contribution is -2.18. The molecule has 6 nitrogen and oxygen atoms in total. The van der Waals surface area contributed by atoms with E-state index in [0.29, 0.717) is 45.0 Å². The molecule has 0 radical (unpaired) electrons. The molecule has 1 N–H and O–H groups in total. The normalized spacial score (nSPS) is 11.0. The predicted molar refractivity (Wildman–Crippen MR) is 144 cm³/mol. The SMILES string of the molecule is CCOc1cc(/C=N\NC(=O)c2cc3ccccc3cc2OC)cc(Cl)c1OCc1ccccc1Cl. The Balaban J connectivity index is 1.51. The zero-order valence-electron chi connectivity index (χ0n) is 19.8. The van der Waals surface area contributed by atoms with Gasteiger partial charge in [0.15, 0.2) is 11.5 Å². The van der Waals surface area contributed by atoms with Gasteiger partial charge >= 0.3 is 0 Å². The predicted octanol–water partition coefficient (Wildman–Crippen LogP) is 6.90. The van der Waals surface area contributed by atoms with Crippen LogP contribution in [0.2, 0.25) is 10.0 Å². The van der Waals surface area contributed by atoms with Crippen LogP contribution in [-0.2, 0) is 6.61 Å². The summed E-state index contributed by atoms with van der Waals surface area (Å²) in [4.78, 5) is 12.8. The molecule has 0 aromatic heterocycles. The number of carbonyl (C=O) groups excluding carboxylic acids is 1. The Bertz CT molecular complexity index is 1420. The number of benzene rings is 4. The average molecular weight is 523 g/mol. The van der Waals surface area contributed by atoms with Gasteiger partial charge in [0.1, 0.15) is 12.4 Å². The maximum atomic E-state index is 12.8. The molecule has 0 heterocycles. The lowest BCUT2D eigenvalue weighted by molar-refractivity contribution is 0.0952. The van der Waals surface area contributed by atoms with Gasteiger partial charge in [-0.25, -0.2) is 5.43 Å². The topological polar surface area (TPSA) is 69.2 Å². The monoisotopic (exact) mass is 522 g/mol. The van der Waals surface area contributed by atoms with Gasteiger partial charge in [-0.05, 0) is 53.6 Å². The molecule has 0 fully saturated rings. The number of fused-ring (bicyclic) bond motifs is 1. The number of rotatable bonds is 9. The molecule has 0 saturated heterocycles. The Morgan fingerprint density at radius 1 is 0.917 bits per heavy atom. The third kappa shape index (κ3) is 5.90. The van der Waals surface area contributed by atoms with E-state index >= 15 is 0 Å². The number of halogens is 2. The Kier molecular flexibility index (Phi) is 8.31. The second-order valence-corrected chi connectivity index (χ2v) is 8.56. The van der Waals surface area contributed by atoms with Crippen molar-refractivity contribution in [1.82, 2.24) is 5.43 Å².